The van der Waals surface area contributed by atoms with Gasteiger partial charge in [-0.2, -0.15) is 0 Å². The van der Waals surface area contributed by atoms with Crippen LogP contribution in [0.5, 0.6) is 0 Å². The number of rotatable bonds is 6. The number of carboxylic acid groups (broad SMARTS) is 1. The molecule has 1 aliphatic heterocycles. The lowest BCUT2D eigenvalue weighted by Gasteiger charge is -2.16. The van der Waals surface area contributed by atoms with Gasteiger partial charge in [-0.1, -0.05) is 26.2 Å². The van der Waals surface area contributed by atoms with Crippen molar-refractivity contribution in [2.45, 2.75) is 39.0 Å². The van der Waals surface area contributed by atoms with E-state index in [4.69, 9.17) is 0 Å². The Kier molecular flexibility index (Phi) is 4.59. The summed E-state index contributed by atoms with van der Waals surface area (Å²) in [5.41, 5.74) is 0. The van der Waals surface area contributed by atoms with Crippen molar-refractivity contribution in [1.29, 1.82) is 0 Å². The van der Waals surface area contributed by atoms with Crippen LogP contribution in [-0.4, -0.2) is 29.9 Å². The Balaban J connectivity index is 2.25. The van der Waals surface area contributed by atoms with Gasteiger partial charge < -0.3 is 14.8 Å². The summed E-state index contributed by atoms with van der Waals surface area (Å²) in [5.74, 6) is -1.73. The van der Waals surface area contributed by atoms with Gasteiger partial charge in [-0.25, -0.2) is 0 Å². The number of likely N-dealkylation sites (tertiary alicyclic amines) is 1. The van der Waals surface area contributed by atoms with Crippen molar-refractivity contribution in [2.75, 3.05) is 13.1 Å². The lowest BCUT2D eigenvalue weighted by Crippen LogP contribution is -2.33. The summed E-state index contributed by atoms with van der Waals surface area (Å²) in [6, 6.07) is 0. The monoisotopic (exact) mass is 212 g/mol. The highest BCUT2D eigenvalue weighted by atomic mass is 16.4. The molecular formula is C11H18NO3-. The Labute approximate surface area is 90.3 Å². The molecule has 1 amide bonds. The van der Waals surface area contributed by atoms with Crippen molar-refractivity contribution in [3.05, 3.63) is 0 Å². The van der Waals surface area contributed by atoms with Gasteiger partial charge in [0.2, 0.25) is 5.91 Å². The van der Waals surface area contributed by atoms with Crippen LogP contribution < -0.4 is 5.11 Å². The first kappa shape index (κ1) is 12.0. The normalized spacial score (nSPS) is 21.0. The molecule has 1 heterocycles. The van der Waals surface area contributed by atoms with Crippen molar-refractivity contribution >= 4 is 11.9 Å². The van der Waals surface area contributed by atoms with E-state index >= 15 is 0 Å². The van der Waals surface area contributed by atoms with E-state index in [-0.39, 0.29) is 12.3 Å². The summed E-state index contributed by atoms with van der Waals surface area (Å²) in [4.78, 5) is 23.6. The highest BCUT2D eigenvalue weighted by molar-refractivity contribution is 5.85. The second-order valence-corrected chi connectivity index (χ2v) is 4.12. The molecule has 0 unspecified atom stereocenters. The van der Waals surface area contributed by atoms with Crippen molar-refractivity contribution in [1.82, 2.24) is 4.90 Å². The van der Waals surface area contributed by atoms with Crippen LogP contribution in [0.1, 0.15) is 39.0 Å². The fourth-order valence-corrected chi connectivity index (χ4v) is 1.88. The third kappa shape index (κ3) is 3.53. The van der Waals surface area contributed by atoms with Crippen LogP contribution in [0, 0.1) is 5.92 Å². The molecule has 0 saturated carbocycles. The molecule has 1 aliphatic rings. The van der Waals surface area contributed by atoms with E-state index in [1.807, 2.05) is 0 Å². The number of unbranched alkanes of at least 4 members (excludes halogenated alkanes) is 3. The minimum absolute atomic E-state index is 0.0410. The van der Waals surface area contributed by atoms with Gasteiger partial charge in [0.1, 0.15) is 0 Å². The van der Waals surface area contributed by atoms with Gasteiger partial charge in [0, 0.05) is 31.4 Å². The van der Waals surface area contributed by atoms with Gasteiger partial charge >= 0.3 is 0 Å². The molecule has 1 atom stereocenters. The molecule has 4 heteroatoms. The largest absolute Gasteiger partial charge is 0.550 e. The summed E-state index contributed by atoms with van der Waals surface area (Å²) in [7, 11) is 0. The molecule has 86 valence electrons. The first-order valence-electron chi connectivity index (χ1n) is 5.63. The molecule has 0 radical (unpaired) electrons. The lowest BCUT2D eigenvalue weighted by atomic mass is 10.1. The zero-order valence-corrected chi connectivity index (χ0v) is 9.20. The van der Waals surface area contributed by atoms with E-state index in [0.29, 0.717) is 13.1 Å². The molecular weight excluding hydrogens is 194 g/mol. The van der Waals surface area contributed by atoms with E-state index in [0.717, 1.165) is 19.3 Å². The predicted octanol–water partition coefficient (Wildman–Crippen LogP) is 0.165. The lowest BCUT2D eigenvalue weighted by molar-refractivity contribution is -0.311. The van der Waals surface area contributed by atoms with Crippen LogP contribution >= 0.6 is 0 Å². The molecule has 1 fully saturated rings. The van der Waals surface area contributed by atoms with Crippen LogP contribution in [0.2, 0.25) is 0 Å². The molecule has 15 heavy (non-hydrogen) atoms. The van der Waals surface area contributed by atoms with Crippen LogP contribution in [0.25, 0.3) is 0 Å². The summed E-state index contributed by atoms with van der Waals surface area (Å²) in [6.45, 7) is 3.17. The highest BCUT2D eigenvalue weighted by Gasteiger charge is 2.29. The molecule has 0 aromatic carbocycles. The van der Waals surface area contributed by atoms with Crippen LogP contribution in [-0.2, 0) is 9.59 Å². The molecule has 4 nitrogen and oxygen atoms in total. The Hall–Kier alpha value is -1.06. The molecule has 1 saturated heterocycles. The third-order valence-electron chi connectivity index (χ3n) is 2.83. The van der Waals surface area contributed by atoms with Crippen LogP contribution in [0.15, 0.2) is 0 Å². The predicted molar refractivity (Wildman–Crippen MR) is 53.8 cm³/mol. The number of carboxylic acids is 1. The van der Waals surface area contributed by atoms with Gasteiger partial charge in [-0.05, 0) is 6.42 Å². The Morgan fingerprint density at radius 2 is 2.20 bits per heavy atom. The standard InChI is InChI=1S/C11H19NO3/c1-2-3-4-5-6-12-8-9(11(14)15)7-10(12)13/h9H,2-8H2,1H3,(H,14,15)/p-1/t9-/m0/s1. The number of hydrogen-bond donors (Lipinski definition) is 0. The molecule has 0 aromatic heterocycles. The number of carbonyl (C=O) groups is 2. The molecule has 0 aliphatic carbocycles. The fourth-order valence-electron chi connectivity index (χ4n) is 1.88. The summed E-state index contributed by atoms with van der Waals surface area (Å²) in [5, 5.41) is 10.6. The van der Waals surface area contributed by atoms with Crippen molar-refractivity contribution < 1.29 is 14.7 Å². The Morgan fingerprint density at radius 3 is 2.73 bits per heavy atom. The Bertz CT molecular complexity index is 240. The SMILES string of the molecule is CCCCCCN1C[C@@H](C(=O)[O-])CC1=O. The quantitative estimate of drug-likeness (QED) is 0.589. The highest BCUT2D eigenvalue weighted by Crippen LogP contribution is 2.17. The fraction of sp³-hybridized carbons (Fsp3) is 0.818. The Morgan fingerprint density at radius 1 is 1.47 bits per heavy atom. The average molecular weight is 212 g/mol. The van der Waals surface area contributed by atoms with Crippen molar-refractivity contribution in [3.63, 3.8) is 0 Å². The number of aliphatic carboxylic acids is 1. The minimum atomic E-state index is -1.10. The van der Waals surface area contributed by atoms with E-state index in [1.165, 1.54) is 6.42 Å². The first-order chi connectivity index (χ1) is 7.15. The van der Waals surface area contributed by atoms with Gasteiger partial charge in [0.05, 0.1) is 0 Å². The van der Waals surface area contributed by atoms with Gasteiger partial charge in [0.15, 0.2) is 0 Å². The van der Waals surface area contributed by atoms with E-state index < -0.39 is 11.9 Å². The second-order valence-electron chi connectivity index (χ2n) is 4.12. The number of nitrogens with zero attached hydrogens (tertiary/aromatic N) is 1. The van der Waals surface area contributed by atoms with E-state index in [9.17, 15) is 14.7 Å². The molecule has 0 aromatic rings. The number of hydrogen-bond acceptors (Lipinski definition) is 3. The maximum Gasteiger partial charge on any atom is 0.223 e. The van der Waals surface area contributed by atoms with Gasteiger partial charge in [-0.15, -0.1) is 0 Å². The second kappa shape index (κ2) is 5.73. The molecule has 0 spiro atoms. The molecule has 1 rings (SSSR count). The maximum atomic E-state index is 11.4. The number of carbonyl (C=O) groups excluding carboxylic acids is 2. The van der Waals surface area contributed by atoms with Gasteiger partial charge in [-0.3, -0.25) is 4.79 Å². The zero-order chi connectivity index (χ0) is 11.3. The van der Waals surface area contributed by atoms with Crippen LogP contribution in [0.4, 0.5) is 0 Å². The topological polar surface area (TPSA) is 60.4 Å². The van der Waals surface area contributed by atoms with Crippen LogP contribution in [0.3, 0.4) is 0 Å². The van der Waals surface area contributed by atoms with E-state index in [2.05, 4.69) is 6.92 Å². The minimum Gasteiger partial charge on any atom is -0.550 e. The number of amides is 1. The first-order valence-corrected chi connectivity index (χ1v) is 5.63. The third-order valence-corrected chi connectivity index (χ3v) is 2.83. The van der Waals surface area contributed by atoms with Crippen molar-refractivity contribution in [2.24, 2.45) is 5.92 Å². The maximum absolute atomic E-state index is 11.4. The smallest absolute Gasteiger partial charge is 0.223 e. The van der Waals surface area contributed by atoms with Crippen molar-refractivity contribution in [3.8, 4) is 0 Å². The van der Waals surface area contributed by atoms with E-state index in [1.54, 1.807) is 4.90 Å². The summed E-state index contributed by atoms with van der Waals surface area (Å²) in [6.07, 6.45) is 4.54. The summed E-state index contributed by atoms with van der Waals surface area (Å²) >= 11 is 0. The molecule has 0 bridgehead atoms. The average Bonchev–Trinajstić information content (AvgIpc) is 2.55. The molecule has 0 N–H and O–H groups in total. The van der Waals surface area contributed by atoms with Gasteiger partial charge in [0.25, 0.3) is 0 Å². The zero-order valence-electron chi connectivity index (χ0n) is 9.20. The summed E-state index contributed by atoms with van der Waals surface area (Å²) < 4.78 is 0.